The van der Waals surface area contributed by atoms with Crippen LogP contribution in [0.2, 0.25) is 5.15 Å². The van der Waals surface area contributed by atoms with Gasteiger partial charge in [-0.15, -0.1) is 11.3 Å². The number of nitrogens with two attached hydrogens (primary N) is 1. The van der Waals surface area contributed by atoms with Gasteiger partial charge in [0.25, 0.3) is 0 Å². The SMILES string of the molecule is Cc1nn(C)c(Cl)c1Cc1cnc(N)s1. The highest BCUT2D eigenvalue weighted by molar-refractivity contribution is 7.15. The van der Waals surface area contributed by atoms with Crippen LogP contribution in [0, 0.1) is 6.92 Å². The van der Waals surface area contributed by atoms with Crippen LogP contribution in [0.4, 0.5) is 5.13 Å². The van der Waals surface area contributed by atoms with E-state index in [-0.39, 0.29) is 0 Å². The number of aromatic nitrogens is 3. The van der Waals surface area contributed by atoms with Gasteiger partial charge in [0.15, 0.2) is 5.13 Å². The van der Waals surface area contributed by atoms with Gasteiger partial charge in [0, 0.05) is 30.1 Å². The summed E-state index contributed by atoms with van der Waals surface area (Å²) in [7, 11) is 1.83. The summed E-state index contributed by atoms with van der Waals surface area (Å²) in [4.78, 5) is 5.11. The molecule has 0 saturated carbocycles. The molecule has 0 aliphatic heterocycles. The molecule has 0 fully saturated rings. The summed E-state index contributed by atoms with van der Waals surface area (Å²) in [6.07, 6.45) is 2.52. The summed E-state index contributed by atoms with van der Waals surface area (Å²) in [6.45, 7) is 1.95. The molecular weight excluding hydrogens is 232 g/mol. The fourth-order valence-electron chi connectivity index (χ4n) is 1.45. The van der Waals surface area contributed by atoms with Gasteiger partial charge in [-0.3, -0.25) is 4.68 Å². The van der Waals surface area contributed by atoms with E-state index in [2.05, 4.69) is 10.1 Å². The number of anilines is 1. The highest BCUT2D eigenvalue weighted by Crippen LogP contribution is 2.25. The van der Waals surface area contributed by atoms with Gasteiger partial charge in [0.1, 0.15) is 5.15 Å². The van der Waals surface area contributed by atoms with E-state index < -0.39 is 0 Å². The molecule has 0 aliphatic rings. The lowest BCUT2D eigenvalue weighted by Crippen LogP contribution is -1.89. The van der Waals surface area contributed by atoms with Crippen molar-refractivity contribution in [1.82, 2.24) is 14.8 Å². The number of nitrogen functional groups attached to an aromatic ring is 1. The Morgan fingerprint density at radius 2 is 2.33 bits per heavy atom. The number of rotatable bonds is 2. The minimum absolute atomic E-state index is 0.586. The highest BCUT2D eigenvalue weighted by atomic mass is 35.5. The Hall–Kier alpha value is -1.07. The van der Waals surface area contributed by atoms with Crippen LogP contribution >= 0.6 is 22.9 Å². The highest BCUT2D eigenvalue weighted by Gasteiger charge is 2.12. The molecule has 4 nitrogen and oxygen atoms in total. The molecule has 2 rings (SSSR count). The maximum atomic E-state index is 6.12. The van der Waals surface area contributed by atoms with E-state index in [4.69, 9.17) is 17.3 Å². The molecule has 2 aromatic heterocycles. The average molecular weight is 243 g/mol. The van der Waals surface area contributed by atoms with Crippen molar-refractivity contribution in [3.8, 4) is 0 Å². The van der Waals surface area contributed by atoms with Crippen molar-refractivity contribution in [2.75, 3.05) is 5.73 Å². The second-order valence-electron chi connectivity index (χ2n) is 3.32. The van der Waals surface area contributed by atoms with E-state index >= 15 is 0 Å². The van der Waals surface area contributed by atoms with Crippen LogP contribution in [-0.4, -0.2) is 14.8 Å². The van der Waals surface area contributed by atoms with E-state index in [0.717, 1.165) is 22.6 Å². The van der Waals surface area contributed by atoms with Gasteiger partial charge in [-0.2, -0.15) is 5.10 Å². The lowest BCUT2D eigenvalue weighted by atomic mass is 10.2. The molecule has 2 heterocycles. The van der Waals surface area contributed by atoms with E-state index in [1.54, 1.807) is 10.9 Å². The number of hydrogen-bond acceptors (Lipinski definition) is 4. The van der Waals surface area contributed by atoms with Gasteiger partial charge in [-0.05, 0) is 6.92 Å². The van der Waals surface area contributed by atoms with Crippen LogP contribution in [0.15, 0.2) is 6.20 Å². The van der Waals surface area contributed by atoms with Gasteiger partial charge in [-0.1, -0.05) is 11.6 Å². The Bertz CT molecular complexity index is 488. The van der Waals surface area contributed by atoms with Crippen molar-refractivity contribution in [3.63, 3.8) is 0 Å². The zero-order valence-electron chi connectivity index (χ0n) is 8.49. The van der Waals surface area contributed by atoms with Gasteiger partial charge >= 0.3 is 0 Å². The van der Waals surface area contributed by atoms with Crippen LogP contribution in [0.5, 0.6) is 0 Å². The molecule has 0 amide bonds. The third-order valence-electron chi connectivity index (χ3n) is 2.19. The first-order valence-electron chi connectivity index (χ1n) is 4.46. The van der Waals surface area contributed by atoms with Crippen LogP contribution in [0.1, 0.15) is 16.1 Å². The summed E-state index contributed by atoms with van der Waals surface area (Å²) >= 11 is 7.60. The largest absolute Gasteiger partial charge is 0.375 e. The second-order valence-corrected chi connectivity index (χ2v) is 4.82. The number of nitrogens with zero attached hydrogens (tertiary/aromatic N) is 3. The molecule has 0 bridgehead atoms. The zero-order chi connectivity index (χ0) is 11.0. The molecule has 0 radical (unpaired) electrons. The minimum atomic E-state index is 0.586. The van der Waals surface area contributed by atoms with Gasteiger partial charge in [0.05, 0.1) is 5.69 Å². The predicted molar refractivity (Wildman–Crippen MR) is 62.3 cm³/mol. The first kappa shape index (κ1) is 10.4. The molecule has 2 aromatic rings. The summed E-state index contributed by atoms with van der Waals surface area (Å²) in [5, 5.41) is 5.52. The monoisotopic (exact) mass is 242 g/mol. The zero-order valence-corrected chi connectivity index (χ0v) is 10.1. The van der Waals surface area contributed by atoms with Crippen molar-refractivity contribution in [3.05, 3.63) is 27.5 Å². The molecule has 0 unspecified atom stereocenters. The Kier molecular flexibility index (Phi) is 2.67. The Labute approximate surface area is 96.7 Å². The van der Waals surface area contributed by atoms with Gasteiger partial charge in [-0.25, -0.2) is 4.98 Å². The summed E-state index contributed by atoms with van der Waals surface area (Å²) in [5.41, 5.74) is 7.56. The molecule has 0 saturated heterocycles. The van der Waals surface area contributed by atoms with Crippen molar-refractivity contribution >= 4 is 28.1 Å². The Balaban J connectivity index is 2.31. The Morgan fingerprint density at radius 3 is 2.80 bits per heavy atom. The number of aryl methyl sites for hydroxylation is 2. The van der Waals surface area contributed by atoms with Crippen molar-refractivity contribution in [2.24, 2.45) is 7.05 Å². The van der Waals surface area contributed by atoms with E-state index in [1.165, 1.54) is 11.3 Å². The minimum Gasteiger partial charge on any atom is -0.375 e. The third kappa shape index (κ3) is 1.98. The first-order valence-corrected chi connectivity index (χ1v) is 5.65. The van der Waals surface area contributed by atoms with Gasteiger partial charge < -0.3 is 5.73 Å². The maximum absolute atomic E-state index is 6.12. The topological polar surface area (TPSA) is 56.7 Å². The molecule has 0 aliphatic carbocycles. The summed E-state index contributed by atoms with van der Waals surface area (Å²) in [6, 6.07) is 0. The molecule has 6 heteroatoms. The number of halogens is 1. The smallest absolute Gasteiger partial charge is 0.180 e. The van der Waals surface area contributed by atoms with Crippen molar-refractivity contribution in [1.29, 1.82) is 0 Å². The molecule has 2 N–H and O–H groups in total. The average Bonchev–Trinajstić information content (AvgIpc) is 2.67. The molecular formula is C9H11ClN4S. The Morgan fingerprint density at radius 1 is 1.60 bits per heavy atom. The van der Waals surface area contributed by atoms with Crippen molar-refractivity contribution in [2.45, 2.75) is 13.3 Å². The van der Waals surface area contributed by atoms with Gasteiger partial charge in [0.2, 0.25) is 0 Å². The summed E-state index contributed by atoms with van der Waals surface area (Å²) < 4.78 is 1.68. The fraction of sp³-hybridized carbons (Fsp3) is 0.333. The lowest BCUT2D eigenvalue weighted by molar-refractivity contribution is 0.757. The first-order chi connectivity index (χ1) is 7.08. The molecule has 0 atom stereocenters. The normalized spacial score (nSPS) is 10.9. The van der Waals surface area contributed by atoms with E-state index in [1.807, 2.05) is 14.0 Å². The standard InChI is InChI=1S/C9H11ClN4S/c1-5-7(8(10)14(2)13-5)3-6-4-12-9(11)15-6/h4H,3H2,1-2H3,(H2,11,12). The summed E-state index contributed by atoms with van der Waals surface area (Å²) in [5.74, 6) is 0. The van der Waals surface area contributed by atoms with Crippen LogP contribution < -0.4 is 5.73 Å². The fourth-order valence-corrected chi connectivity index (χ4v) is 2.39. The lowest BCUT2D eigenvalue weighted by Gasteiger charge is -1.96. The molecule has 15 heavy (non-hydrogen) atoms. The molecule has 0 aromatic carbocycles. The predicted octanol–water partition coefficient (Wildman–Crippen LogP) is 2.01. The van der Waals surface area contributed by atoms with Crippen LogP contribution in [0.25, 0.3) is 0 Å². The van der Waals surface area contributed by atoms with E-state index in [0.29, 0.717) is 10.3 Å². The van der Waals surface area contributed by atoms with Crippen molar-refractivity contribution < 1.29 is 0 Å². The van der Waals surface area contributed by atoms with Crippen LogP contribution in [-0.2, 0) is 13.5 Å². The molecule has 0 spiro atoms. The maximum Gasteiger partial charge on any atom is 0.180 e. The molecule has 80 valence electrons. The number of thiazole rings is 1. The quantitative estimate of drug-likeness (QED) is 0.877. The van der Waals surface area contributed by atoms with E-state index in [9.17, 15) is 0 Å². The van der Waals surface area contributed by atoms with Crippen LogP contribution in [0.3, 0.4) is 0 Å². The third-order valence-corrected chi connectivity index (χ3v) is 3.49. The second kappa shape index (κ2) is 3.83. The number of hydrogen-bond donors (Lipinski definition) is 1.